The van der Waals surface area contributed by atoms with Gasteiger partial charge in [0.1, 0.15) is 4.90 Å². The molecule has 2 rings (SSSR count). The van der Waals surface area contributed by atoms with E-state index >= 15 is 0 Å². The van der Waals surface area contributed by atoms with Gasteiger partial charge in [-0.3, -0.25) is 0 Å². The summed E-state index contributed by atoms with van der Waals surface area (Å²) in [5.41, 5.74) is -0.219. The zero-order valence-corrected chi connectivity index (χ0v) is 12.1. The molecule has 0 atom stereocenters. The summed E-state index contributed by atoms with van der Waals surface area (Å²) < 4.78 is 46.1. The third kappa shape index (κ3) is 3.40. The van der Waals surface area contributed by atoms with Crippen LogP contribution >= 0.6 is 10.7 Å². The van der Waals surface area contributed by atoms with Gasteiger partial charge >= 0.3 is 5.97 Å². The number of esters is 1. The first kappa shape index (κ1) is 15.1. The summed E-state index contributed by atoms with van der Waals surface area (Å²) in [4.78, 5) is 11.1. The van der Waals surface area contributed by atoms with Gasteiger partial charge < -0.3 is 9.47 Å². The molecule has 110 valence electrons. The van der Waals surface area contributed by atoms with E-state index in [0.29, 0.717) is 5.92 Å². The molecule has 1 aromatic carbocycles. The maximum Gasteiger partial charge on any atom is 0.338 e. The fourth-order valence-electron chi connectivity index (χ4n) is 1.63. The molecule has 1 aliphatic rings. The van der Waals surface area contributed by atoms with Crippen molar-refractivity contribution in [3.8, 4) is 5.75 Å². The number of carbonyl (C=O) groups excluding carboxylic acids is 1. The molecule has 0 aromatic heterocycles. The van der Waals surface area contributed by atoms with Crippen LogP contribution in [0.25, 0.3) is 0 Å². The topological polar surface area (TPSA) is 69.7 Å². The van der Waals surface area contributed by atoms with Gasteiger partial charge in [-0.25, -0.2) is 17.6 Å². The van der Waals surface area contributed by atoms with Crippen LogP contribution in [0.1, 0.15) is 23.2 Å². The number of benzene rings is 1. The van der Waals surface area contributed by atoms with E-state index in [2.05, 4.69) is 4.74 Å². The first-order chi connectivity index (χ1) is 9.32. The van der Waals surface area contributed by atoms with Crippen LogP contribution in [0, 0.1) is 11.7 Å². The van der Waals surface area contributed by atoms with Crippen molar-refractivity contribution in [2.45, 2.75) is 17.7 Å². The average molecular weight is 323 g/mol. The van der Waals surface area contributed by atoms with Crippen LogP contribution in [0.15, 0.2) is 17.0 Å². The maximum absolute atomic E-state index is 13.8. The zero-order chi connectivity index (χ0) is 14.9. The molecule has 1 fully saturated rings. The van der Waals surface area contributed by atoms with E-state index < -0.39 is 31.5 Å². The molecule has 0 aliphatic heterocycles. The fraction of sp³-hybridized carbons (Fsp3) is 0.417. The van der Waals surface area contributed by atoms with Gasteiger partial charge in [-0.1, -0.05) is 0 Å². The Balaban J connectivity index is 2.34. The van der Waals surface area contributed by atoms with Crippen LogP contribution in [0.2, 0.25) is 0 Å². The van der Waals surface area contributed by atoms with E-state index in [1.54, 1.807) is 0 Å². The van der Waals surface area contributed by atoms with E-state index in [9.17, 15) is 17.6 Å². The molecule has 0 unspecified atom stereocenters. The van der Waals surface area contributed by atoms with Crippen LogP contribution in [0.3, 0.4) is 0 Å². The van der Waals surface area contributed by atoms with Crippen LogP contribution in [0.5, 0.6) is 5.75 Å². The Kier molecular flexibility index (Phi) is 4.19. The number of carbonyl (C=O) groups is 1. The lowest BCUT2D eigenvalue weighted by Gasteiger charge is -2.09. The lowest BCUT2D eigenvalue weighted by atomic mass is 10.2. The summed E-state index contributed by atoms with van der Waals surface area (Å²) in [6.07, 6.45) is 1.98. The standard InChI is InChI=1S/C12H12ClFO5S/c1-18-11-9(14)4-8(5-10(11)20(13,16)17)12(15)19-6-7-2-3-7/h4-5,7H,2-3,6H2,1H3. The molecule has 0 radical (unpaired) electrons. The minimum atomic E-state index is -4.24. The van der Waals surface area contributed by atoms with Gasteiger partial charge in [0.25, 0.3) is 9.05 Å². The molecule has 0 bridgehead atoms. The summed E-state index contributed by atoms with van der Waals surface area (Å²) in [7, 11) is 2.06. The van der Waals surface area contributed by atoms with E-state index in [1.807, 2.05) is 0 Å². The third-order valence-corrected chi connectivity index (χ3v) is 4.19. The predicted octanol–water partition coefficient (Wildman–Crippen LogP) is 2.33. The normalized spacial score (nSPS) is 14.9. The summed E-state index contributed by atoms with van der Waals surface area (Å²) >= 11 is 0. The minimum Gasteiger partial charge on any atom is -0.492 e. The van der Waals surface area contributed by atoms with Gasteiger partial charge in [-0.15, -0.1) is 0 Å². The SMILES string of the molecule is COc1c(F)cc(C(=O)OCC2CC2)cc1S(=O)(=O)Cl. The van der Waals surface area contributed by atoms with Gasteiger partial charge in [0.2, 0.25) is 0 Å². The number of ether oxygens (including phenoxy) is 2. The highest BCUT2D eigenvalue weighted by Gasteiger charge is 2.26. The molecule has 1 aromatic rings. The monoisotopic (exact) mass is 322 g/mol. The molecular formula is C12H12ClFO5S. The second kappa shape index (κ2) is 5.57. The van der Waals surface area contributed by atoms with Gasteiger partial charge in [0.15, 0.2) is 11.6 Å². The highest BCUT2D eigenvalue weighted by atomic mass is 35.7. The largest absolute Gasteiger partial charge is 0.492 e. The lowest BCUT2D eigenvalue weighted by Crippen LogP contribution is -2.10. The quantitative estimate of drug-likeness (QED) is 0.614. The molecule has 0 amide bonds. The highest BCUT2D eigenvalue weighted by molar-refractivity contribution is 8.13. The van der Waals surface area contributed by atoms with Crippen molar-refractivity contribution in [1.29, 1.82) is 0 Å². The van der Waals surface area contributed by atoms with Crippen molar-refractivity contribution in [2.75, 3.05) is 13.7 Å². The van der Waals surface area contributed by atoms with Crippen molar-refractivity contribution in [1.82, 2.24) is 0 Å². The highest BCUT2D eigenvalue weighted by Crippen LogP contribution is 2.32. The van der Waals surface area contributed by atoms with E-state index in [-0.39, 0.29) is 12.2 Å². The Morgan fingerprint density at radius 2 is 2.10 bits per heavy atom. The Labute approximate surface area is 120 Å². The molecular weight excluding hydrogens is 311 g/mol. The number of hydrogen-bond acceptors (Lipinski definition) is 5. The van der Waals surface area contributed by atoms with Crippen molar-refractivity contribution in [3.63, 3.8) is 0 Å². The molecule has 0 saturated heterocycles. The van der Waals surface area contributed by atoms with Crippen molar-refractivity contribution in [2.24, 2.45) is 5.92 Å². The first-order valence-electron chi connectivity index (χ1n) is 5.82. The van der Waals surface area contributed by atoms with Gasteiger partial charge in [-0.2, -0.15) is 0 Å². The number of hydrogen-bond donors (Lipinski definition) is 0. The summed E-state index contributed by atoms with van der Waals surface area (Å²) in [6, 6.07) is 1.80. The van der Waals surface area contributed by atoms with Crippen molar-refractivity contribution < 1.29 is 27.1 Å². The average Bonchev–Trinajstić information content (AvgIpc) is 3.17. The Bertz CT molecular complexity index is 639. The number of rotatable bonds is 5. The molecule has 1 aliphatic carbocycles. The van der Waals surface area contributed by atoms with E-state index in [4.69, 9.17) is 15.4 Å². The van der Waals surface area contributed by atoms with Gasteiger partial charge in [0.05, 0.1) is 19.3 Å². The molecule has 0 spiro atoms. The Morgan fingerprint density at radius 1 is 1.45 bits per heavy atom. The van der Waals surface area contributed by atoms with E-state index in [1.165, 1.54) is 0 Å². The van der Waals surface area contributed by atoms with Crippen LogP contribution in [-0.2, 0) is 13.8 Å². The molecule has 20 heavy (non-hydrogen) atoms. The van der Waals surface area contributed by atoms with Crippen molar-refractivity contribution in [3.05, 3.63) is 23.5 Å². The second-order valence-electron chi connectivity index (χ2n) is 4.47. The lowest BCUT2D eigenvalue weighted by molar-refractivity contribution is 0.0485. The zero-order valence-electron chi connectivity index (χ0n) is 10.6. The Morgan fingerprint density at radius 3 is 2.60 bits per heavy atom. The fourth-order valence-corrected chi connectivity index (χ4v) is 2.64. The second-order valence-corrected chi connectivity index (χ2v) is 7.00. The smallest absolute Gasteiger partial charge is 0.338 e. The number of halogens is 2. The van der Waals surface area contributed by atoms with Crippen LogP contribution < -0.4 is 4.74 Å². The first-order valence-corrected chi connectivity index (χ1v) is 8.13. The van der Waals surface area contributed by atoms with Crippen molar-refractivity contribution >= 4 is 25.7 Å². The van der Waals surface area contributed by atoms with Crippen LogP contribution in [0.4, 0.5) is 4.39 Å². The number of methoxy groups -OCH3 is 1. The molecule has 8 heteroatoms. The Hall–Kier alpha value is -1.34. The van der Waals surface area contributed by atoms with Gasteiger partial charge in [0, 0.05) is 10.7 Å². The summed E-state index contributed by atoms with van der Waals surface area (Å²) in [5, 5.41) is 0. The minimum absolute atomic E-state index is 0.219. The molecule has 0 heterocycles. The maximum atomic E-state index is 13.8. The molecule has 1 saturated carbocycles. The summed E-state index contributed by atoms with van der Waals surface area (Å²) in [6.45, 7) is 0.245. The molecule has 0 N–H and O–H groups in total. The van der Waals surface area contributed by atoms with Crippen LogP contribution in [-0.4, -0.2) is 28.1 Å². The van der Waals surface area contributed by atoms with E-state index in [0.717, 1.165) is 32.1 Å². The predicted molar refractivity (Wildman–Crippen MR) is 69.0 cm³/mol. The van der Waals surface area contributed by atoms with Gasteiger partial charge in [-0.05, 0) is 30.9 Å². The molecule has 5 nitrogen and oxygen atoms in total. The summed E-state index contributed by atoms with van der Waals surface area (Å²) in [5.74, 6) is -1.97. The third-order valence-electron chi connectivity index (χ3n) is 2.86.